The number of benzene rings is 3. The van der Waals surface area contributed by atoms with Crippen LogP contribution in [0.2, 0.25) is 0 Å². The van der Waals surface area contributed by atoms with Gasteiger partial charge in [0.2, 0.25) is 10.7 Å². The zero-order valence-electron chi connectivity index (χ0n) is 17.7. The lowest BCUT2D eigenvalue weighted by Gasteiger charge is -2.12. The maximum atomic E-state index is 13.0. The van der Waals surface area contributed by atoms with Gasteiger partial charge in [-0.1, -0.05) is 53.8 Å². The van der Waals surface area contributed by atoms with Gasteiger partial charge in [-0.05, 0) is 34.5 Å². The van der Waals surface area contributed by atoms with Crippen molar-refractivity contribution in [2.24, 2.45) is 0 Å². The number of rotatable bonds is 5. The summed E-state index contributed by atoms with van der Waals surface area (Å²) in [6.45, 7) is 0. The van der Waals surface area contributed by atoms with Crippen molar-refractivity contribution in [1.82, 2.24) is 14.6 Å². The standard InChI is InChI=1S/C24H19N3O4S/c1-29-18-11-16(12-19(30-2)21(18)31-3)22-25-24-27(26-22)23(28)20(32-24)13-15-9-6-8-14-7-4-5-10-17(14)15/h4-13H,1-3H3/b20-13-. The van der Waals surface area contributed by atoms with Gasteiger partial charge in [-0.3, -0.25) is 4.79 Å². The van der Waals surface area contributed by atoms with Crippen LogP contribution in [-0.2, 0) is 0 Å². The fourth-order valence-electron chi connectivity index (χ4n) is 3.68. The SMILES string of the molecule is COc1cc(-c2nc3s/c(=C\c4cccc5ccccc45)c(=O)n3n2)cc(OC)c1OC. The fourth-order valence-corrected chi connectivity index (χ4v) is 4.58. The third-order valence-corrected chi connectivity index (χ3v) is 6.17. The van der Waals surface area contributed by atoms with Gasteiger partial charge in [0.1, 0.15) is 0 Å². The van der Waals surface area contributed by atoms with Gasteiger partial charge in [0.15, 0.2) is 17.3 Å². The first-order chi connectivity index (χ1) is 15.6. The number of fused-ring (bicyclic) bond motifs is 2. The van der Waals surface area contributed by atoms with Gasteiger partial charge >= 0.3 is 0 Å². The normalized spacial score (nSPS) is 11.9. The second-order valence-corrected chi connectivity index (χ2v) is 8.04. The smallest absolute Gasteiger partial charge is 0.291 e. The Morgan fingerprint density at radius 3 is 2.34 bits per heavy atom. The molecule has 2 aromatic heterocycles. The van der Waals surface area contributed by atoms with E-state index in [4.69, 9.17) is 14.2 Å². The van der Waals surface area contributed by atoms with Gasteiger partial charge in [-0.15, -0.1) is 5.10 Å². The predicted molar refractivity (Wildman–Crippen MR) is 125 cm³/mol. The van der Waals surface area contributed by atoms with Gasteiger partial charge < -0.3 is 14.2 Å². The lowest BCUT2D eigenvalue weighted by molar-refractivity contribution is 0.324. The number of nitrogens with zero attached hydrogens (tertiary/aromatic N) is 3. The molecule has 0 N–H and O–H groups in total. The van der Waals surface area contributed by atoms with Gasteiger partial charge in [0.25, 0.3) is 5.56 Å². The third kappa shape index (κ3) is 3.25. The average molecular weight is 446 g/mol. The number of hydrogen-bond donors (Lipinski definition) is 0. The summed E-state index contributed by atoms with van der Waals surface area (Å²) in [4.78, 5) is 18.1. The van der Waals surface area contributed by atoms with Gasteiger partial charge in [-0.2, -0.15) is 9.50 Å². The van der Waals surface area contributed by atoms with Crippen LogP contribution in [0.4, 0.5) is 0 Å². The second kappa shape index (κ2) is 7.97. The Morgan fingerprint density at radius 1 is 0.938 bits per heavy atom. The van der Waals surface area contributed by atoms with E-state index in [9.17, 15) is 4.79 Å². The van der Waals surface area contributed by atoms with E-state index < -0.39 is 0 Å². The Kier molecular flexibility index (Phi) is 4.99. The van der Waals surface area contributed by atoms with Crippen LogP contribution in [0.3, 0.4) is 0 Å². The van der Waals surface area contributed by atoms with Crippen LogP contribution in [0, 0.1) is 0 Å². The highest BCUT2D eigenvalue weighted by atomic mass is 32.1. The molecule has 8 heteroatoms. The number of methoxy groups -OCH3 is 3. The summed E-state index contributed by atoms with van der Waals surface area (Å²) >= 11 is 1.30. The van der Waals surface area contributed by atoms with E-state index in [-0.39, 0.29) is 5.56 Å². The summed E-state index contributed by atoms with van der Waals surface area (Å²) in [7, 11) is 4.64. The lowest BCUT2D eigenvalue weighted by Crippen LogP contribution is -2.23. The molecule has 0 saturated carbocycles. The maximum absolute atomic E-state index is 13.0. The van der Waals surface area contributed by atoms with Crippen molar-refractivity contribution in [3.63, 3.8) is 0 Å². The molecule has 0 aliphatic rings. The summed E-state index contributed by atoms with van der Waals surface area (Å²) < 4.78 is 18.1. The molecule has 0 unspecified atom stereocenters. The van der Waals surface area contributed by atoms with Crippen molar-refractivity contribution in [2.45, 2.75) is 0 Å². The van der Waals surface area contributed by atoms with Crippen molar-refractivity contribution in [2.75, 3.05) is 21.3 Å². The number of ether oxygens (including phenoxy) is 3. The molecule has 0 spiro atoms. The first-order valence-electron chi connectivity index (χ1n) is 9.82. The van der Waals surface area contributed by atoms with Crippen molar-refractivity contribution < 1.29 is 14.2 Å². The Labute approximate surface area is 187 Å². The van der Waals surface area contributed by atoms with E-state index in [1.807, 2.05) is 36.4 Å². The lowest BCUT2D eigenvalue weighted by atomic mass is 10.0. The molecular formula is C24H19N3O4S. The predicted octanol–water partition coefficient (Wildman–Crippen LogP) is 3.54. The van der Waals surface area contributed by atoms with E-state index in [1.54, 1.807) is 33.5 Å². The van der Waals surface area contributed by atoms with E-state index in [0.717, 1.165) is 16.3 Å². The molecule has 5 aromatic rings. The van der Waals surface area contributed by atoms with Crippen molar-refractivity contribution in [1.29, 1.82) is 0 Å². The summed E-state index contributed by atoms with van der Waals surface area (Å²) in [5.74, 6) is 1.88. The third-order valence-electron chi connectivity index (χ3n) is 5.21. The number of aromatic nitrogens is 3. The Bertz CT molecular complexity index is 1540. The van der Waals surface area contributed by atoms with Gasteiger partial charge in [-0.25, -0.2) is 0 Å². The van der Waals surface area contributed by atoms with Crippen LogP contribution >= 0.6 is 11.3 Å². The molecule has 3 aromatic carbocycles. The minimum absolute atomic E-state index is 0.205. The number of hydrogen-bond acceptors (Lipinski definition) is 7. The molecule has 0 aliphatic carbocycles. The molecule has 0 radical (unpaired) electrons. The molecule has 2 heterocycles. The van der Waals surface area contributed by atoms with E-state index in [2.05, 4.69) is 22.2 Å². The summed E-state index contributed by atoms with van der Waals surface area (Å²) in [6, 6.07) is 17.6. The molecule has 0 saturated heterocycles. The van der Waals surface area contributed by atoms with Crippen molar-refractivity contribution in [3.8, 4) is 28.6 Å². The van der Waals surface area contributed by atoms with Crippen LogP contribution in [0.25, 0.3) is 33.2 Å². The Hall–Kier alpha value is -3.91. The zero-order valence-corrected chi connectivity index (χ0v) is 18.5. The number of thiazole rings is 1. The second-order valence-electron chi connectivity index (χ2n) is 7.03. The van der Waals surface area contributed by atoms with Crippen LogP contribution in [0.1, 0.15) is 5.56 Å². The topological polar surface area (TPSA) is 75.0 Å². The van der Waals surface area contributed by atoms with Crippen LogP contribution < -0.4 is 24.3 Å². The first-order valence-corrected chi connectivity index (χ1v) is 10.6. The monoisotopic (exact) mass is 445 g/mol. The van der Waals surface area contributed by atoms with Crippen molar-refractivity contribution in [3.05, 3.63) is 75.0 Å². The minimum Gasteiger partial charge on any atom is -0.493 e. The summed E-state index contributed by atoms with van der Waals surface area (Å²) in [6.07, 6.45) is 1.89. The minimum atomic E-state index is -0.205. The summed E-state index contributed by atoms with van der Waals surface area (Å²) in [5, 5.41) is 6.66. The van der Waals surface area contributed by atoms with Crippen LogP contribution in [0.15, 0.2) is 59.4 Å². The molecule has 0 bridgehead atoms. The first kappa shape index (κ1) is 20.0. The Balaban J connectivity index is 1.62. The fraction of sp³-hybridized carbons (Fsp3) is 0.125. The van der Waals surface area contributed by atoms with E-state index >= 15 is 0 Å². The molecule has 0 atom stereocenters. The van der Waals surface area contributed by atoms with E-state index in [0.29, 0.717) is 38.1 Å². The van der Waals surface area contributed by atoms with Gasteiger partial charge in [0.05, 0.1) is 25.9 Å². The summed E-state index contributed by atoms with van der Waals surface area (Å²) in [5.41, 5.74) is 1.44. The van der Waals surface area contributed by atoms with E-state index in [1.165, 1.54) is 15.9 Å². The highest BCUT2D eigenvalue weighted by molar-refractivity contribution is 7.15. The largest absolute Gasteiger partial charge is 0.493 e. The molecule has 160 valence electrons. The van der Waals surface area contributed by atoms with Gasteiger partial charge in [0, 0.05) is 5.56 Å². The molecule has 5 rings (SSSR count). The highest BCUT2D eigenvalue weighted by Gasteiger charge is 2.18. The molecule has 0 aliphatic heterocycles. The Morgan fingerprint density at radius 2 is 1.66 bits per heavy atom. The maximum Gasteiger partial charge on any atom is 0.291 e. The molecule has 0 fully saturated rings. The molecule has 7 nitrogen and oxygen atoms in total. The highest BCUT2D eigenvalue weighted by Crippen LogP contribution is 2.40. The van der Waals surface area contributed by atoms with Crippen LogP contribution in [-0.4, -0.2) is 35.9 Å². The molecule has 32 heavy (non-hydrogen) atoms. The molecule has 0 amide bonds. The average Bonchev–Trinajstić information content (AvgIpc) is 3.37. The quantitative estimate of drug-likeness (QED) is 0.412. The molecular weight excluding hydrogens is 426 g/mol. The van der Waals surface area contributed by atoms with Crippen LogP contribution in [0.5, 0.6) is 17.2 Å². The van der Waals surface area contributed by atoms with Crippen molar-refractivity contribution >= 4 is 33.1 Å². The zero-order chi connectivity index (χ0) is 22.2.